The van der Waals surface area contributed by atoms with Crippen LogP contribution in [0.1, 0.15) is 22.3 Å². The summed E-state index contributed by atoms with van der Waals surface area (Å²) in [7, 11) is 0. The number of halogens is 7. The van der Waals surface area contributed by atoms with Gasteiger partial charge < -0.3 is 0 Å². The van der Waals surface area contributed by atoms with Crippen LogP contribution in [0.4, 0.5) is 26.3 Å². The van der Waals surface area contributed by atoms with Crippen molar-refractivity contribution in [2.45, 2.75) is 25.2 Å². The fourth-order valence-corrected chi connectivity index (χ4v) is 1.65. The van der Waals surface area contributed by atoms with Crippen LogP contribution in [0.3, 0.4) is 0 Å². The van der Waals surface area contributed by atoms with Gasteiger partial charge in [-0.3, -0.25) is 0 Å². The molecule has 0 aromatic heterocycles. The first-order valence-electron chi connectivity index (χ1n) is 4.41. The second kappa shape index (κ2) is 4.40. The second-order valence-electron chi connectivity index (χ2n) is 3.44. The van der Waals surface area contributed by atoms with Crippen LogP contribution >= 0.6 is 11.6 Å². The molecule has 0 spiro atoms. The van der Waals surface area contributed by atoms with Crippen molar-refractivity contribution in [3.05, 3.63) is 34.4 Å². The third-order valence-corrected chi connectivity index (χ3v) is 2.58. The Kier molecular flexibility index (Phi) is 3.66. The zero-order valence-corrected chi connectivity index (χ0v) is 9.26. The molecule has 1 aromatic rings. The molecule has 1 aromatic carbocycles. The van der Waals surface area contributed by atoms with Gasteiger partial charge in [-0.15, -0.1) is 11.6 Å². The maximum absolute atomic E-state index is 12.5. The third kappa shape index (κ3) is 3.06. The first-order valence-corrected chi connectivity index (χ1v) is 4.94. The molecule has 96 valence electrons. The summed E-state index contributed by atoms with van der Waals surface area (Å²) < 4.78 is 74.7. The van der Waals surface area contributed by atoms with E-state index >= 15 is 0 Å². The maximum atomic E-state index is 12.5. The minimum absolute atomic E-state index is 0.103. The summed E-state index contributed by atoms with van der Waals surface area (Å²) in [5.74, 6) is -0.404. The number of alkyl halides is 7. The Morgan fingerprint density at radius 3 is 1.88 bits per heavy atom. The standard InChI is InChI=1S/C10H7ClF6/c1-5-6(4-11)2-7(9(12,13)14)3-8(5)10(15,16)17/h2-3H,4H2,1H3. The van der Waals surface area contributed by atoms with Crippen molar-refractivity contribution in [3.63, 3.8) is 0 Å². The maximum Gasteiger partial charge on any atom is 0.416 e. The highest BCUT2D eigenvalue weighted by Crippen LogP contribution is 2.38. The average molecular weight is 277 g/mol. The number of rotatable bonds is 1. The molecule has 0 heterocycles. The predicted octanol–water partition coefficient (Wildman–Crippen LogP) is 4.77. The zero-order chi connectivity index (χ0) is 13.4. The smallest absolute Gasteiger partial charge is 0.166 e. The van der Waals surface area contributed by atoms with Crippen LogP contribution in [-0.2, 0) is 18.2 Å². The first kappa shape index (κ1) is 14.2. The largest absolute Gasteiger partial charge is 0.416 e. The van der Waals surface area contributed by atoms with Gasteiger partial charge in [0.2, 0.25) is 0 Å². The summed E-state index contributed by atoms with van der Waals surface area (Å²) in [5, 5.41) is 0. The third-order valence-electron chi connectivity index (χ3n) is 2.29. The van der Waals surface area contributed by atoms with Gasteiger partial charge in [-0.2, -0.15) is 26.3 Å². The van der Waals surface area contributed by atoms with E-state index in [-0.39, 0.29) is 17.2 Å². The molecule has 0 atom stereocenters. The van der Waals surface area contributed by atoms with Gasteiger partial charge in [0, 0.05) is 5.88 Å². The predicted molar refractivity (Wildman–Crippen MR) is 50.7 cm³/mol. The van der Waals surface area contributed by atoms with Gasteiger partial charge in [-0.1, -0.05) is 0 Å². The van der Waals surface area contributed by atoms with Crippen molar-refractivity contribution in [2.75, 3.05) is 0 Å². The molecule has 7 heteroatoms. The van der Waals surface area contributed by atoms with E-state index in [0.717, 1.165) is 6.92 Å². The quantitative estimate of drug-likeness (QED) is 0.512. The molecule has 0 N–H and O–H groups in total. The second-order valence-corrected chi connectivity index (χ2v) is 3.70. The van der Waals surface area contributed by atoms with E-state index in [1.54, 1.807) is 0 Å². The molecule has 0 aliphatic heterocycles. The molecule has 1 rings (SSSR count). The lowest BCUT2D eigenvalue weighted by molar-refractivity contribution is -0.143. The molecular weight excluding hydrogens is 270 g/mol. The van der Waals surface area contributed by atoms with Crippen LogP contribution in [0.15, 0.2) is 12.1 Å². The zero-order valence-electron chi connectivity index (χ0n) is 8.51. The van der Waals surface area contributed by atoms with E-state index in [9.17, 15) is 26.3 Å². The molecule has 0 fully saturated rings. The van der Waals surface area contributed by atoms with E-state index in [1.807, 2.05) is 0 Å². The van der Waals surface area contributed by atoms with E-state index in [0.29, 0.717) is 6.07 Å². The fourth-order valence-electron chi connectivity index (χ4n) is 1.37. The molecule has 0 bridgehead atoms. The Balaban J connectivity index is 3.50. The highest BCUT2D eigenvalue weighted by Gasteiger charge is 2.38. The van der Waals surface area contributed by atoms with Crippen molar-refractivity contribution in [2.24, 2.45) is 0 Å². The Labute approximate surface area is 98.2 Å². The first-order chi connectivity index (χ1) is 7.57. The molecule has 0 radical (unpaired) electrons. The monoisotopic (exact) mass is 276 g/mol. The molecule has 0 saturated heterocycles. The van der Waals surface area contributed by atoms with E-state index in [2.05, 4.69) is 0 Å². The van der Waals surface area contributed by atoms with Crippen LogP contribution in [0.5, 0.6) is 0 Å². The molecule has 17 heavy (non-hydrogen) atoms. The molecule has 0 unspecified atom stereocenters. The molecule has 0 saturated carbocycles. The lowest BCUT2D eigenvalue weighted by atomic mass is 9.99. The van der Waals surface area contributed by atoms with Gasteiger partial charge in [-0.25, -0.2) is 0 Å². The van der Waals surface area contributed by atoms with Gasteiger partial charge in [0.15, 0.2) is 0 Å². The minimum atomic E-state index is -4.83. The lowest BCUT2D eigenvalue weighted by Gasteiger charge is -2.16. The van der Waals surface area contributed by atoms with Gasteiger partial charge in [0.1, 0.15) is 0 Å². The molecule has 0 aliphatic rings. The fraction of sp³-hybridized carbons (Fsp3) is 0.400. The summed E-state index contributed by atoms with van der Waals surface area (Å²) in [6.07, 6.45) is -9.65. The number of hydrogen-bond acceptors (Lipinski definition) is 0. The van der Waals surface area contributed by atoms with E-state index in [1.165, 1.54) is 0 Å². The van der Waals surface area contributed by atoms with Gasteiger partial charge >= 0.3 is 12.4 Å². The summed E-state index contributed by atoms with van der Waals surface area (Å²) in [4.78, 5) is 0. The minimum Gasteiger partial charge on any atom is -0.166 e. The topological polar surface area (TPSA) is 0 Å². The Bertz CT molecular complexity index is 418. The van der Waals surface area contributed by atoms with Crippen molar-refractivity contribution in [1.82, 2.24) is 0 Å². The van der Waals surface area contributed by atoms with E-state index < -0.39 is 29.4 Å². The normalized spacial score (nSPS) is 12.9. The summed E-state index contributed by atoms with van der Waals surface area (Å²) in [5.41, 5.74) is -3.09. The van der Waals surface area contributed by atoms with Crippen LogP contribution in [0, 0.1) is 6.92 Å². The Morgan fingerprint density at radius 2 is 1.53 bits per heavy atom. The highest BCUT2D eigenvalue weighted by atomic mass is 35.5. The van der Waals surface area contributed by atoms with E-state index in [4.69, 9.17) is 11.6 Å². The van der Waals surface area contributed by atoms with Crippen molar-refractivity contribution in [3.8, 4) is 0 Å². The Morgan fingerprint density at radius 1 is 1.00 bits per heavy atom. The Hall–Kier alpha value is -0.910. The molecule has 0 aliphatic carbocycles. The van der Waals surface area contributed by atoms with Crippen molar-refractivity contribution < 1.29 is 26.3 Å². The van der Waals surface area contributed by atoms with Gasteiger partial charge in [0.25, 0.3) is 0 Å². The number of hydrogen-bond donors (Lipinski definition) is 0. The summed E-state index contributed by atoms with van der Waals surface area (Å²) in [6.45, 7) is 1.10. The van der Waals surface area contributed by atoms with Crippen LogP contribution < -0.4 is 0 Å². The molecule has 0 amide bonds. The van der Waals surface area contributed by atoms with Crippen molar-refractivity contribution in [1.29, 1.82) is 0 Å². The lowest BCUT2D eigenvalue weighted by Crippen LogP contribution is -2.14. The van der Waals surface area contributed by atoms with Crippen LogP contribution in [-0.4, -0.2) is 0 Å². The molecule has 0 nitrogen and oxygen atoms in total. The molecular formula is C10H7ClF6. The highest BCUT2D eigenvalue weighted by molar-refractivity contribution is 6.17. The summed E-state index contributed by atoms with van der Waals surface area (Å²) >= 11 is 5.34. The summed E-state index contributed by atoms with van der Waals surface area (Å²) in [6, 6.07) is 0.739. The van der Waals surface area contributed by atoms with Crippen LogP contribution in [0.25, 0.3) is 0 Å². The van der Waals surface area contributed by atoms with Crippen LogP contribution in [0.2, 0.25) is 0 Å². The SMILES string of the molecule is Cc1c(CCl)cc(C(F)(F)F)cc1C(F)(F)F. The van der Waals surface area contributed by atoms with Gasteiger partial charge in [-0.05, 0) is 30.2 Å². The van der Waals surface area contributed by atoms with Crippen molar-refractivity contribution >= 4 is 11.6 Å². The van der Waals surface area contributed by atoms with Gasteiger partial charge in [0.05, 0.1) is 11.1 Å². The number of benzene rings is 1. The average Bonchev–Trinajstić information content (AvgIpc) is 2.14.